The molecule has 0 aliphatic heterocycles. The van der Waals surface area contributed by atoms with Crippen LogP contribution < -0.4 is 5.32 Å². The Morgan fingerprint density at radius 3 is 2.17 bits per heavy atom. The van der Waals surface area contributed by atoms with Crippen molar-refractivity contribution in [2.45, 2.75) is 58.0 Å². The number of carbonyl (C=O) groups is 1. The maximum absolute atomic E-state index is 10.9. The van der Waals surface area contributed by atoms with Gasteiger partial charge >= 0.3 is 5.97 Å². The summed E-state index contributed by atoms with van der Waals surface area (Å²) in [6.45, 7) is 6.89. The summed E-state index contributed by atoms with van der Waals surface area (Å²) < 4.78 is 4.94. The monoisotopic (exact) mass is 261 g/mol. The van der Waals surface area contributed by atoms with Crippen LogP contribution in [0, 0.1) is 0 Å². The molecule has 0 amide bonds. The molecule has 0 aromatic heterocycles. The predicted octanol–water partition coefficient (Wildman–Crippen LogP) is 0.831. The Hall–Kier alpha value is -0.650. The van der Waals surface area contributed by atoms with Gasteiger partial charge in [-0.2, -0.15) is 0 Å². The fourth-order valence-electron chi connectivity index (χ4n) is 2.02. The number of aliphatic hydroxyl groups is 2. The Kier molecular flexibility index (Phi) is 7.43. The fraction of sp³-hybridized carbons (Fsp3) is 0.923. The molecule has 0 saturated heterocycles. The largest absolute Gasteiger partial charge is 0.464 e. The van der Waals surface area contributed by atoms with Crippen LogP contribution in [0.15, 0.2) is 0 Å². The van der Waals surface area contributed by atoms with Crippen molar-refractivity contribution in [1.82, 2.24) is 5.32 Å². The van der Waals surface area contributed by atoms with Crippen molar-refractivity contribution in [3.8, 4) is 0 Å². The number of aliphatic hydroxyl groups excluding tert-OH is 2. The van der Waals surface area contributed by atoms with Crippen LogP contribution in [-0.4, -0.2) is 47.1 Å². The zero-order valence-electron chi connectivity index (χ0n) is 12.0. The quantitative estimate of drug-likeness (QED) is 0.536. The molecule has 0 saturated carbocycles. The molecule has 3 N–H and O–H groups in total. The molecule has 1 atom stereocenters. The van der Waals surface area contributed by atoms with Gasteiger partial charge in [-0.15, -0.1) is 0 Å². The SMILES string of the molecule is CCCC(C)(CC)NC(CO)(CO)COC(C)=O. The minimum Gasteiger partial charge on any atom is -0.464 e. The summed E-state index contributed by atoms with van der Waals surface area (Å²) in [5.41, 5.74) is -1.17. The first-order valence-corrected chi connectivity index (χ1v) is 6.51. The third-order valence-electron chi connectivity index (χ3n) is 3.31. The van der Waals surface area contributed by atoms with Crippen LogP contribution in [0.25, 0.3) is 0 Å². The van der Waals surface area contributed by atoms with E-state index in [-0.39, 0.29) is 25.4 Å². The molecule has 0 spiro atoms. The van der Waals surface area contributed by atoms with Gasteiger partial charge in [0.15, 0.2) is 0 Å². The predicted molar refractivity (Wildman–Crippen MR) is 70.3 cm³/mol. The normalized spacial score (nSPS) is 15.2. The molecular formula is C13H27NO4. The van der Waals surface area contributed by atoms with Crippen molar-refractivity contribution in [1.29, 1.82) is 0 Å². The summed E-state index contributed by atoms with van der Waals surface area (Å²) in [4.78, 5) is 10.9. The van der Waals surface area contributed by atoms with Gasteiger partial charge in [0, 0.05) is 12.5 Å². The molecular weight excluding hydrogens is 234 g/mol. The van der Waals surface area contributed by atoms with Crippen LogP contribution in [0.4, 0.5) is 0 Å². The number of ether oxygens (including phenoxy) is 1. The smallest absolute Gasteiger partial charge is 0.302 e. The van der Waals surface area contributed by atoms with E-state index in [1.807, 2.05) is 13.8 Å². The summed E-state index contributed by atoms with van der Waals surface area (Å²) in [6.07, 6.45) is 2.78. The van der Waals surface area contributed by atoms with Gasteiger partial charge in [-0.05, 0) is 19.8 Å². The van der Waals surface area contributed by atoms with Crippen molar-refractivity contribution in [3.05, 3.63) is 0 Å². The lowest BCUT2D eigenvalue weighted by Crippen LogP contribution is -2.63. The highest BCUT2D eigenvalue weighted by Gasteiger charge is 2.36. The molecule has 108 valence electrons. The van der Waals surface area contributed by atoms with E-state index in [4.69, 9.17) is 4.74 Å². The molecule has 0 heterocycles. The lowest BCUT2D eigenvalue weighted by atomic mass is 9.88. The van der Waals surface area contributed by atoms with Crippen molar-refractivity contribution < 1.29 is 19.7 Å². The van der Waals surface area contributed by atoms with Crippen LogP contribution in [0.3, 0.4) is 0 Å². The Morgan fingerprint density at radius 2 is 1.83 bits per heavy atom. The van der Waals surface area contributed by atoms with Crippen molar-refractivity contribution in [2.75, 3.05) is 19.8 Å². The number of rotatable bonds is 9. The highest BCUT2D eigenvalue weighted by atomic mass is 16.5. The number of esters is 1. The fourth-order valence-corrected chi connectivity index (χ4v) is 2.02. The third kappa shape index (κ3) is 5.33. The Balaban J connectivity index is 4.81. The van der Waals surface area contributed by atoms with Gasteiger partial charge < -0.3 is 14.9 Å². The standard InChI is InChI=1S/C13H27NO4/c1-5-7-12(4,6-2)14-13(8-15,9-16)10-18-11(3)17/h14-16H,5-10H2,1-4H3. The van der Waals surface area contributed by atoms with Gasteiger partial charge in [0.05, 0.1) is 18.8 Å². The second-order valence-electron chi connectivity index (χ2n) is 5.17. The molecule has 0 aliphatic carbocycles. The molecule has 0 radical (unpaired) electrons. The van der Waals surface area contributed by atoms with Crippen LogP contribution in [0.1, 0.15) is 47.0 Å². The molecule has 0 bridgehead atoms. The molecule has 0 aliphatic rings. The first kappa shape index (κ1) is 17.4. The number of nitrogens with one attached hydrogen (secondary N) is 1. The average Bonchev–Trinajstić information content (AvgIpc) is 2.35. The third-order valence-corrected chi connectivity index (χ3v) is 3.31. The van der Waals surface area contributed by atoms with E-state index in [0.717, 1.165) is 19.3 Å². The summed E-state index contributed by atoms with van der Waals surface area (Å²) in [5.74, 6) is -0.420. The van der Waals surface area contributed by atoms with Gasteiger partial charge in [0.1, 0.15) is 6.61 Å². The minimum absolute atomic E-state index is 0.0331. The van der Waals surface area contributed by atoms with Gasteiger partial charge in [-0.3, -0.25) is 10.1 Å². The number of hydrogen-bond donors (Lipinski definition) is 3. The Labute approximate surface area is 110 Å². The molecule has 0 fully saturated rings. The molecule has 18 heavy (non-hydrogen) atoms. The van der Waals surface area contributed by atoms with Crippen LogP contribution in [-0.2, 0) is 9.53 Å². The van der Waals surface area contributed by atoms with E-state index in [1.165, 1.54) is 6.92 Å². The van der Waals surface area contributed by atoms with E-state index >= 15 is 0 Å². The molecule has 5 nitrogen and oxygen atoms in total. The number of carbonyl (C=O) groups excluding carboxylic acids is 1. The van der Waals surface area contributed by atoms with E-state index in [1.54, 1.807) is 0 Å². The topological polar surface area (TPSA) is 78.8 Å². The Bertz CT molecular complexity index is 253. The average molecular weight is 261 g/mol. The molecule has 0 aromatic carbocycles. The van der Waals surface area contributed by atoms with Crippen molar-refractivity contribution >= 4 is 5.97 Å². The zero-order chi connectivity index (χ0) is 14.2. The van der Waals surface area contributed by atoms with E-state index in [0.29, 0.717) is 0 Å². The first-order valence-electron chi connectivity index (χ1n) is 6.51. The zero-order valence-corrected chi connectivity index (χ0v) is 12.0. The van der Waals surface area contributed by atoms with E-state index in [2.05, 4.69) is 12.2 Å². The molecule has 1 unspecified atom stereocenters. The van der Waals surface area contributed by atoms with Crippen molar-refractivity contribution in [2.24, 2.45) is 0 Å². The maximum atomic E-state index is 10.9. The van der Waals surface area contributed by atoms with Gasteiger partial charge in [-0.1, -0.05) is 20.3 Å². The lowest BCUT2D eigenvalue weighted by Gasteiger charge is -2.41. The van der Waals surface area contributed by atoms with Crippen LogP contribution in [0.5, 0.6) is 0 Å². The lowest BCUT2D eigenvalue weighted by molar-refractivity contribution is -0.145. The van der Waals surface area contributed by atoms with Gasteiger partial charge in [0.2, 0.25) is 0 Å². The first-order chi connectivity index (χ1) is 8.37. The maximum Gasteiger partial charge on any atom is 0.302 e. The van der Waals surface area contributed by atoms with Crippen LogP contribution >= 0.6 is 0 Å². The Morgan fingerprint density at radius 1 is 1.28 bits per heavy atom. The van der Waals surface area contributed by atoms with Crippen molar-refractivity contribution in [3.63, 3.8) is 0 Å². The second-order valence-corrected chi connectivity index (χ2v) is 5.17. The van der Waals surface area contributed by atoms with Gasteiger partial charge in [-0.25, -0.2) is 0 Å². The van der Waals surface area contributed by atoms with E-state index < -0.39 is 11.5 Å². The van der Waals surface area contributed by atoms with Crippen LogP contribution in [0.2, 0.25) is 0 Å². The highest BCUT2D eigenvalue weighted by Crippen LogP contribution is 2.21. The van der Waals surface area contributed by atoms with Gasteiger partial charge in [0.25, 0.3) is 0 Å². The highest BCUT2D eigenvalue weighted by molar-refractivity contribution is 5.66. The molecule has 0 rings (SSSR count). The summed E-state index contributed by atoms with van der Waals surface area (Å²) >= 11 is 0. The minimum atomic E-state index is -0.981. The summed E-state index contributed by atoms with van der Waals surface area (Å²) in [7, 11) is 0. The molecule has 5 heteroatoms. The second kappa shape index (κ2) is 7.71. The number of hydrogen-bond acceptors (Lipinski definition) is 5. The molecule has 0 aromatic rings. The summed E-state index contributed by atoms with van der Waals surface area (Å²) in [6, 6.07) is 0. The summed E-state index contributed by atoms with van der Waals surface area (Å²) in [5, 5.41) is 22.3. The van der Waals surface area contributed by atoms with E-state index in [9.17, 15) is 15.0 Å².